The zero-order valence-corrected chi connectivity index (χ0v) is 10.1. The van der Waals surface area contributed by atoms with Gasteiger partial charge < -0.3 is 9.73 Å². The van der Waals surface area contributed by atoms with Gasteiger partial charge in [0.05, 0.1) is 5.02 Å². The van der Waals surface area contributed by atoms with Crippen molar-refractivity contribution in [3.8, 4) is 11.3 Å². The van der Waals surface area contributed by atoms with Gasteiger partial charge in [-0.05, 0) is 25.2 Å². The minimum Gasteiger partial charge on any atom is -0.443 e. The highest BCUT2D eigenvalue weighted by Gasteiger charge is 2.13. The molecule has 1 aromatic carbocycles. The highest BCUT2D eigenvalue weighted by molar-refractivity contribution is 6.36. The molecular formula is C11H10Cl2N2O. The normalized spacial score (nSPS) is 10.7. The van der Waals surface area contributed by atoms with Crippen LogP contribution in [0.1, 0.15) is 5.69 Å². The van der Waals surface area contributed by atoms with Gasteiger partial charge in [-0.2, -0.15) is 0 Å². The molecule has 0 aliphatic rings. The van der Waals surface area contributed by atoms with Crippen LogP contribution in [0, 0.1) is 0 Å². The zero-order chi connectivity index (χ0) is 11.5. The van der Waals surface area contributed by atoms with Gasteiger partial charge in [-0.1, -0.05) is 23.2 Å². The molecule has 0 atom stereocenters. The average molecular weight is 257 g/mol. The van der Waals surface area contributed by atoms with E-state index in [0.717, 1.165) is 11.3 Å². The Morgan fingerprint density at radius 3 is 2.88 bits per heavy atom. The second-order valence-electron chi connectivity index (χ2n) is 3.28. The number of oxazole rings is 1. The van der Waals surface area contributed by atoms with E-state index in [9.17, 15) is 0 Å². The highest BCUT2D eigenvalue weighted by Crippen LogP contribution is 2.32. The van der Waals surface area contributed by atoms with Crippen molar-refractivity contribution in [1.82, 2.24) is 10.3 Å². The van der Waals surface area contributed by atoms with Crippen LogP contribution in [0.4, 0.5) is 0 Å². The smallest absolute Gasteiger partial charge is 0.181 e. The summed E-state index contributed by atoms with van der Waals surface area (Å²) in [5, 5.41) is 4.18. The number of benzene rings is 1. The molecule has 0 amide bonds. The van der Waals surface area contributed by atoms with E-state index in [1.54, 1.807) is 12.1 Å². The van der Waals surface area contributed by atoms with Crippen LogP contribution in [0.5, 0.6) is 0 Å². The molecule has 1 heterocycles. The molecule has 0 fully saturated rings. The number of hydrogen-bond acceptors (Lipinski definition) is 3. The summed E-state index contributed by atoms with van der Waals surface area (Å²) in [5.74, 6) is 0.677. The fourth-order valence-electron chi connectivity index (χ4n) is 1.46. The average Bonchev–Trinajstić information content (AvgIpc) is 2.67. The van der Waals surface area contributed by atoms with E-state index < -0.39 is 0 Å². The Kier molecular flexibility index (Phi) is 3.49. The lowest BCUT2D eigenvalue weighted by Crippen LogP contribution is -2.06. The Balaban J connectivity index is 2.46. The zero-order valence-electron chi connectivity index (χ0n) is 8.63. The van der Waals surface area contributed by atoms with Crippen molar-refractivity contribution in [3.05, 3.63) is 40.3 Å². The largest absolute Gasteiger partial charge is 0.443 e. The van der Waals surface area contributed by atoms with Gasteiger partial charge in [0, 0.05) is 17.1 Å². The summed E-state index contributed by atoms with van der Waals surface area (Å²) in [7, 11) is 1.85. The van der Waals surface area contributed by atoms with E-state index in [-0.39, 0.29) is 0 Å². The topological polar surface area (TPSA) is 38.1 Å². The first-order chi connectivity index (χ1) is 7.72. The number of nitrogens with one attached hydrogen (secondary N) is 1. The summed E-state index contributed by atoms with van der Waals surface area (Å²) in [6.45, 7) is 0.630. The lowest BCUT2D eigenvalue weighted by Gasteiger charge is -2.03. The predicted octanol–water partition coefficient (Wildman–Crippen LogP) is 3.37. The molecule has 84 valence electrons. The van der Waals surface area contributed by atoms with Gasteiger partial charge in [0.25, 0.3) is 0 Å². The molecule has 3 nitrogen and oxygen atoms in total. The van der Waals surface area contributed by atoms with Crippen LogP contribution in [0.15, 0.2) is 29.0 Å². The molecule has 5 heteroatoms. The summed E-state index contributed by atoms with van der Waals surface area (Å²) in [6.07, 6.45) is 1.41. The molecule has 0 bridgehead atoms. The maximum Gasteiger partial charge on any atom is 0.181 e. The first kappa shape index (κ1) is 11.5. The van der Waals surface area contributed by atoms with Crippen LogP contribution in [-0.2, 0) is 6.54 Å². The van der Waals surface area contributed by atoms with Crippen molar-refractivity contribution in [2.24, 2.45) is 0 Å². The minimum atomic E-state index is 0.557. The molecule has 0 saturated carbocycles. The second-order valence-corrected chi connectivity index (χ2v) is 4.13. The first-order valence-electron chi connectivity index (χ1n) is 4.74. The van der Waals surface area contributed by atoms with Crippen LogP contribution in [0.2, 0.25) is 10.0 Å². The van der Waals surface area contributed by atoms with Gasteiger partial charge >= 0.3 is 0 Å². The Bertz CT molecular complexity index is 496. The van der Waals surface area contributed by atoms with Gasteiger partial charge in [-0.25, -0.2) is 4.98 Å². The summed E-state index contributed by atoms with van der Waals surface area (Å²) in [6, 6.07) is 5.28. The molecule has 0 aliphatic heterocycles. The summed E-state index contributed by atoms with van der Waals surface area (Å²) >= 11 is 11.9. The van der Waals surface area contributed by atoms with Gasteiger partial charge in [0.1, 0.15) is 5.69 Å². The Morgan fingerprint density at radius 2 is 2.19 bits per heavy atom. The third kappa shape index (κ3) is 2.21. The minimum absolute atomic E-state index is 0.557. The fourth-order valence-corrected chi connectivity index (χ4v) is 1.95. The van der Waals surface area contributed by atoms with Gasteiger partial charge in [0.15, 0.2) is 12.2 Å². The lowest BCUT2D eigenvalue weighted by molar-refractivity contribution is 0.570. The third-order valence-corrected chi connectivity index (χ3v) is 2.71. The van der Waals surface area contributed by atoms with E-state index in [4.69, 9.17) is 27.6 Å². The van der Waals surface area contributed by atoms with Crippen molar-refractivity contribution < 1.29 is 4.42 Å². The molecule has 0 unspecified atom stereocenters. The highest BCUT2D eigenvalue weighted by atomic mass is 35.5. The number of nitrogens with zero attached hydrogens (tertiary/aromatic N) is 1. The van der Waals surface area contributed by atoms with Crippen molar-refractivity contribution >= 4 is 23.2 Å². The molecule has 2 aromatic rings. The monoisotopic (exact) mass is 256 g/mol. The van der Waals surface area contributed by atoms with Crippen LogP contribution in [-0.4, -0.2) is 12.0 Å². The predicted molar refractivity (Wildman–Crippen MR) is 64.7 cm³/mol. The molecule has 16 heavy (non-hydrogen) atoms. The summed E-state index contributed by atoms with van der Waals surface area (Å²) in [4.78, 5) is 4.13. The van der Waals surface area contributed by atoms with Crippen molar-refractivity contribution in [3.63, 3.8) is 0 Å². The molecule has 0 spiro atoms. The molecule has 1 N–H and O–H groups in total. The maximum atomic E-state index is 6.10. The summed E-state index contributed by atoms with van der Waals surface area (Å²) < 4.78 is 5.35. The van der Waals surface area contributed by atoms with Crippen LogP contribution in [0.3, 0.4) is 0 Å². The Labute approximate surface area is 103 Å². The van der Waals surface area contributed by atoms with E-state index in [0.29, 0.717) is 22.4 Å². The quantitative estimate of drug-likeness (QED) is 0.916. The Morgan fingerprint density at radius 1 is 1.38 bits per heavy atom. The van der Waals surface area contributed by atoms with Crippen molar-refractivity contribution in [2.75, 3.05) is 7.05 Å². The van der Waals surface area contributed by atoms with Crippen molar-refractivity contribution in [2.45, 2.75) is 6.54 Å². The van der Waals surface area contributed by atoms with E-state index in [2.05, 4.69) is 10.3 Å². The van der Waals surface area contributed by atoms with Crippen LogP contribution < -0.4 is 5.32 Å². The standard InChI is InChI=1S/C11H10Cl2N2O/c1-14-5-10-11(16-6-15-10)8-3-2-7(12)4-9(8)13/h2-4,6,14H,5H2,1H3. The first-order valence-corrected chi connectivity index (χ1v) is 5.50. The molecule has 2 rings (SSSR count). The van der Waals surface area contributed by atoms with E-state index in [1.807, 2.05) is 13.1 Å². The van der Waals surface area contributed by atoms with E-state index in [1.165, 1.54) is 6.39 Å². The van der Waals surface area contributed by atoms with Gasteiger partial charge in [-0.3, -0.25) is 0 Å². The lowest BCUT2D eigenvalue weighted by atomic mass is 10.1. The second kappa shape index (κ2) is 4.87. The van der Waals surface area contributed by atoms with Crippen LogP contribution in [0.25, 0.3) is 11.3 Å². The Hall–Kier alpha value is -1.03. The van der Waals surface area contributed by atoms with Gasteiger partial charge in [0.2, 0.25) is 0 Å². The van der Waals surface area contributed by atoms with Crippen molar-refractivity contribution in [1.29, 1.82) is 0 Å². The molecule has 0 aliphatic carbocycles. The van der Waals surface area contributed by atoms with Crippen LogP contribution >= 0.6 is 23.2 Å². The molecular weight excluding hydrogens is 247 g/mol. The molecule has 0 saturated heterocycles. The third-order valence-electron chi connectivity index (χ3n) is 2.16. The SMILES string of the molecule is CNCc1ncoc1-c1ccc(Cl)cc1Cl. The molecule has 1 aromatic heterocycles. The molecule has 0 radical (unpaired) electrons. The number of aromatic nitrogens is 1. The van der Waals surface area contributed by atoms with E-state index >= 15 is 0 Å². The van der Waals surface area contributed by atoms with Gasteiger partial charge in [-0.15, -0.1) is 0 Å². The number of hydrogen-bond donors (Lipinski definition) is 1. The maximum absolute atomic E-state index is 6.10. The number of rotatable bonds is 3. The fraction of sp³-hybridized carbons (Fsp3) is 0.182. The summed E-state index contributed by atoms with van der Waals surface area (Å²) in [5.41, 5.74) is 1.63. The number of halogens is 2.